The first-order valence-electron chi connectivity index (χ1n) is 8.30. The zero-order valence-corrected chi connectivity index (χ0v) is 13.5. The summed E-state index contributed by atoms with van der Waals surface area (Å²) in [5, 5.41) is 9.53. The Morgan fingerprint density at radius 3 is 2.62 bits per heavy atom. The normalized spacial score (nSPS) is 23.9. The molecular formula is C18H28N2O. The van der Waals surface area contributed by atoms with Crippen molar-refractivity contribution in [1.29, 1.82) is 0 Å². The minimum atomic E-state index is 0.243. The SMILES string of the molecule is CC(C)c1ccc(N2CCN(C)[C@@H](CO)C2)cc1C1CC1. The average Bonchev–Trinajstić information content (AvgIpc) is 3.31. The Kier molecular flexibility index (Phi) is 4.23. The summed E-state index contributed by atoms with van der Waals surface area (Å²) in [6.45, 7) is 7.83. The molecule has 0 amide bonds. The highest BCUT2D eigenvalue weighted by molar-refractivity contribution is 5.54. The Labute approximate surface area is 128 Å². The molecule has 0 bridgehead atoms. The van der Waals surface area contributed by atoms with Crippen LogP contribution in [0.5, 0.6) is 0 Å². The van der Waals surface area contributed by atoms with Gasteiger partial charge in [0.2, 0.25) is 0 Å². The van der Waals surface area contributed by atoms with Crippen molar-refractivity contribution in [3.05, 3.63) is 29.3 Å². The largest absolute Gasteiger partial charge is 0.395 e. The first kappa shape index (κ1) is 14.9. The molecule has 1 aliphatic carbocycles. The Hall–Kier alpha value is -1.06. The number of hydrogen-bond acceptors (Lipinski definition) is 3. The monoisotopic (exact) mass is 288 g/mol. The number of anilines is 1. The standard InChI is InChI=1S/C18H28N2O/c1-13(2)17-7-6-15(10-18(17)14-4-5-14)20-9-8-19(3)16(11-20)12-21/h6-7,10,13-14,16,21H,4-5,8-9,11-12H2,1-3H3/t16-/m1/s1. The summed E-state index contributed by atoms with van der Waals surface area (Å²) in [5.74, 6) is 1.40. The van der Waals surface area contributed by atoms with E-state index < -0.39 is 0 Å². The van der Waals surface area contributed by atoms with Gasteiger partial charge in [0.25, 0.3) is 0 Å². The molecule has 2 aliphatic rings. The van der Waals surface area contributed by atoms with Crippen molar-refractivity contribution in [1.82, 2.24) is 4.90 Å². The number of piperazine rings is 1. The molecule has 1 aliphatic heterocycles. The molecule has 1 heterocycles. The van der Waals surface area contributed by atoms with E-state index in [0.29, 0.717) is 5.92 Å². The van der Waals surface area contributed by atoms with Crippen molar-refractivity contribution < 1.29 is 5.11 Å². The van der Waals surface area contributed by atoms with E-state index >= 15 is 0 Å². The van der Waals surface area contributed by atoms with E-state index in [9.17, 15) is 5.11 Å². The van der Waals surface area contributed by atoms with Crippen molar-refractivity contribution in [3.8, 4) is 0 Å². The van der Waals surface area contributed by atoms with Crippen LogP contribution in [-0.2, 0) is 0 Å². The van der Waals surface area contributed by atoms with E-state index in [1.807, 2.05) is 0 Å². The lowest BCUT2D eigenvalue weighted by Gasteiger charge is -2.40. The molecule has 1 saturated heterocycles. The Balaban J connectivity index is 1.84. The summed E-state index contributed by atoms with van der Waals surface area (Å²) in [6.07, 6.45) is 2.70. The predicted molar refractivity (Wildman–Crippen MR) is 88.2 cm³/mol. The summed E-state index contributed by atoms with van der Waals surface area (Å²) in [6, 6.07) is 7.29. The Bertz CT molecular complexity index is 496. The fourth-order valence-electron chi connectivity index (χ4n) is 3.41. The fraction of sp³-hybridized carbons (Fsp3) is 0.667. The molecular weight excluding hydrogens is 260 g/mol. The van der Waals surface area contributed by atoms with Gasteiger partial charge in [0.1, 0.15) is 0 Å². The molecule has 1 saturated carbocycles. The minimum Gasteiger partial charge on any atom is -0.395 e. The van der Waals surface area contributed by atoms with Gasteiger partial charge in [0.05, 0.1) is 12.6 Å². The summed E-state index contributed by atoms with van der Waals surface area (Å²) < 4.78 is 0. The molecule has 3 rings (SSSR count). The van der Waals surface area contributed by atoms with Gasteiger partial charge in [-0.3, -0.25) is 4.90 Å². The summed E-state index contributed by atoms with van der Waals surface area (Å²) in [5.41, 5.74) is 4.43. The summed E-state index contributed by atoms with van der Waals surface area (Å²) in [7, 11) is 2.11. The molecule has 0 radical (unpaired) electrons. The van der Waals surface area contributed by atoms with Crippen LogP contribution >= 0.6 is 0 Å². The Morgan fingerprint density at radius 2 is 2.00 bits per heavy atom. The van der Waals surface area contributed by atoms with Crippen LogP contribution in [0.2, 0.25) is 0 Å². The van der Waals surface area contributed by atoms with E-state index in [-0.39, 0.29) is 12.6 Å². The van der Waals surface area contributed by atoms with Gasteiger partial charge in [-0.25, -0.2) is 0 Å². The van der Waals surface area contributed by atoms with Gasteiger partial charge in [-0.05, 0) is 55.0 Å². The van der Waals surface area contributed by atoms with Gasteiger partial charge >= 0.3 is 0 Å². The third-order valence-corrected chi connectivity index (χ3v) is 5.06. The average molecular weight is 288 g/mol. The van der Waals surface area contributed by atoms with Crippen LogP contribution in [0, 0.1) is 0 Å². The third-order valence-electron chi connectivity index (χ3n) is 5.06. The number of aliphatic hydroxyl groups excluding tert-OH is 1. The van der Waals surface area contributed by atoms with E-state index in [4.69, 9.17) is 0 Å². The van der Waals surface area contributed by atoms with Gasteiger partial charge in [0.15, 0.2) is 0 Å². The molecule has 0 spiro atoms. The van der Waals surface area contributed by atoms with Crippen LogP contribution in [0.1, 0.15) is 49.7 Å². The molecule has 0 aromatic heterocycles. The molecule has 3 nitrogen and oxygen atoms in total. The van der Waals surface area contributed by atoms with E-state index in [0.717, 1.165) is 25.6 Å². The number of hydrogen-bond donors (Lipinski definition) is 1. The molecule has 1 aromatic carbocycles. The van der Waals surface area contributed by atoms with Crippen molar-refractivity contribution in [3.63, 3.8) is 0 Å². The lowest BCUT2D eigenvalue weighted by Crippen LogP contribution is -2.53. The summed E-state index contributed by atoms with van der Waals surface area (Å²) >= 11 is 0. The smallest absolute Gasteiger partial charge is 0.0604 e. The molecule has 0 unspecified atom stereocenters. The van der Waals surface area contributed by atoms with Gasteiger partial charge in [-0.15, -0.1) is 0 Å². The molecule has 116 valence electrons. The maximum Gasteiger partial charge on any atom is 0.0604 e. The van der Waals surface area contributed by atoms with Crippen LogP contribution in [0.3, 0.4) is 0 Å². The van der Waals surface area contributed by atoms with E-state index in [1.54, 1.807) is 5.56 Å². The number of aliphatic hydroxyl groups is 1. The molecule has 2 fully saturated rings. The second-order valence-electron chi connectivity index (χ2n) is 7.01. The maximum atomic E-state index is 9.53. The number of benzene rings is 1. The number of nitrogens with zero attached hydrogens (tertiary/aromatic N) is 2. The number of rotatable bonds is 4. The Morgan fingerprint density at radius 1 is 1.24 bits per heavy atom. The zero-order valence-electron chi connectivity index (χ0n) is 13.5. The molecule has 3 heteroatoms. The first-order chi connectivity index (χ1) is 10.1. The van der Waals surface area contributed by atoms with Gasteiger partial charge in [-0.1, -0.05) is 19.9 Å². The lowest BCUT2D eigenvalue weighted by atomic mass is 9.93. The van der Waals surface area contributed by atoms with Crippen LogP contribution in [0.4, 0.5) is 5.69 Å². The van der Waals surface area contributed by atoms with Gasteiger partial charge < -0.3 is 10.0 Å². The number of likely N-dealkylation sites (N-methyl/N-ethyl adjacent to an activating group) is 1. The highest BCUT2D eigenvalue weighted by Crippen LogP contribution is 2.44. The summed E-state index contributed by atoms with van der Waals surface area (Å²) in [4.78, 5) is 4.71. The quantitative estimate of drug-likeness (QED) is 0.923. The second kappa shape index (κ2) is 5.98. The van der Waals surface area contributed by atoms with Gasteiger partial charge in [0, 0.05) is 25.3 Å². The second-order valence-corrected chi connectivity index (χ2v) is 7.01. The van der Waals surface area contributed by atoms with Crippen molar-refractivity contribution >= 4 is 5.69 Å². The topological polar surface area (TPSA) is 26.7 Å². The van der Waals surface area contributed by atoms with Crippen molar-refractivity contribution in [2.24, 2.45) is 0 Å². The molecule has 1 aromatic rings. The molecule has 1 atom stereocenters. The van der Waals surface area contributed by atoms with Crippen LogP contribution in [-0.4, -0.2) is 49.3 Å². The molecule has 1 N–H and O–H groups in total. The first-order valence-corrected chi connectivity index (χ1v) is 8.30. The lowest BCUT2D eigenvalue weighted by molar-refractivity contribution is 0.135. The van der Waals surface area contributed by atoms with Crippen LogP contribution < -0.4 is 4.90 Å². The van der Waals surface area contributed by atoms with E-state index in [1.165, 1.54) is 24.1 Å². The van der Waals surface area contributed by atoms with Gasteiger partial charge in [-0.2, -0.15) is 0 Å². The highest BCUT2D eigenvalue weighted by atomic mass is 16.3. The zero-order chi connectivity index (χ0) is 15.0. The molecule has 21 heavy (non-hydrogen) atoms. The van der Waals surface area contributed by atoms with Crippen molar-refractivity contribution in [2.45, 2.75) is 44.6 Å². The third kappa shape index (κ3) is 3.09. The van der Waals surface area contributed by atoms with Crippen LogP contribution in [0.15, 0.2) is 18.2 Å². The fourth-order valence-corrected chi connectivity index (χ4v) is 3.41. The predicted octanol–water partition coefficient (Wildman–Crippen LogP) is 2.80. The van der Waals surface area contributed by atoms with E-state index in [2.05, 4.69) is 48.9 Å². The highest BCUT2D eigenvalue weighted by Gasteiger charge is 2.29. The van der Waals surface area contributed by atoms with Crippen LogP contribution in [0.25, 0.3) is 0 Å². The van der Waals surface area contributed by atoms with Crippen molar-refractivity contribution in [2.75, 3.05) is 38.2 Å². The maximum absolute atomic E-state index is 9.53. The minimum absolute atomic E-state index is 0.243.